The first kappa shape index (κ1) is 21.4. The lowest BCUT2D eigenvalue weighted by atomic mass is 10.1. The van der Waals surface area contributed by atoms with Crippen LogP contribution in [0.1, 0.15) is 30.0 Å². The number of anilines is 1. The molecule has 31 heavy (non-hydrogen) atoms. The maximum absolute atomic E-state index is 12.7. The summed E-state index contributed by atoms with van der Waals surface area (Å²) in [5, 5.41) is 7.87. The summed E-state index contributed by atoms with van der Waals surface area (Å²) in [6.45, 7) is 3.14. The van der Waals surface area contributed by atoms with Gasteiger partial charge in [-0.25, -0.2) is 4.68 Å². The summed E-state index contributed by atoms with van der Waals surface area (Å²) in [5.74, 6) is 0.839. The smallest absolute Gasteiger partial charge is 0.287 e. The molecule has 1 N–H and O–H groups in total. The van der Waals surface area contributed by atoms with Gasteiger partial charge in [-0.05, 0) is 49.2 Å². The fourth-order valence-electron chi connectivity index (χ4n) is 4.00. The molecule has 1 aromatic heterocycles. The largest absolute Gasteiger partial charge is 0.497 e. The lowest BCUT2D eigenvalue weighted by Crippen LogP contribution is -2.32. The Labute approximate surface area is 187 Å². The Balaban J connectivity index is 1.51. The highest BCUT2D eigenvalue weighted by molar-refractivity contribution is 6.32. The van der Waals surface area contributed by atoms with Gasteiger partial charge >= 0.3 is 0 Å². The molecule has 4 rings (SSSR count). The number of halogens is 1. The highest BCUT2D eigenvalue weighted by Crippen LogP contribution is 2.28. The van der Waals surface area contributed by atoms with Gasteiger partial charge in [0.2, 0.25) is 0 Å². The van der Waals surface area contributed by atoms with E-state index in [-0.39, 0.29) is 16.6 Å². The van der Waals surface area contributed by atoms with Crippen molar-refractivity contribution in [3.05, 3.63) is 87.3 Å². The number of nitrogens with zero attached hydrogens (tertiary/aromatic N) is 3. The molecule has 1 aliphatic rings. The van der Waals surface area contributed by atoms with Crippen molar-refractivity contribution in [2.75, 3.05) is 32.1 Å². The Bertz CT molecular complexity index is 1050. The van der Waals surface area contributed by atoms with Crippen LogP contribution in [0.5, 0.6) is 5.75 Å². The van der Waals surface area contributed by atoms with E-state index in [0.717, 1.165) is 24.4 Å². The highest BCUT2D eigenvalue weighted by Gasteiger charge is 2.24. The summed E-state index contributed by atoms with van der Waals surface area (Å²) < 4.78 is 6.69. The Morgan fingerprint density at radius 1 is 1.10 bits per heavy atom. The number of nitrogens with one attached hydrogen (secondary N) is 1. The highest BCUT2D eigenvalue weighted by atomic mass is 35.5. The van der Waals surface area contributed by atoms with Crippen molar-refractivity contribution in [3.63, 3.8) is 0 Å². The van der Waals surface area contributed by atoms with Gasteiger partial charge in [0.05, 0.1) is 31.6 Å². The van der Waals surface area contributed by atoms with E-state index in [2.05, 4.69) is 27.4 Å². The van der Waals surface area contributed by atoms with Crippen molar-refractivity contribution in [2.45, 2.75) is 25.4 Å². The lowest BCUT2D eigenvalue weighted by Gasteiger charge is -2.28. The van der Waals surface area contributed by atoms with Crippen molar-refractivity contribution in [3.8, 4) is 5.75 Å². The molecule has 1 saturated heterocycles. The number of methoxy groups -OCH3 is 1. The van der Waals surface area contributed by atoms with E-state index in [1.54, 1.807) is 13.3 Å². The summed E-state index contributed by atoms with van der Waals surface area (Å²) in [7, 11) is 1.67. The van der Waals surface area contributed by atoms with Crippen molar-refractivity contribution in [1.82, 2.24) is 14.7 Å². The van der Waals surface area contributed by atoms with Gasteiger partial charge in [0.1, 0.15) is 10.8 Å². The molecule has 3 aromatic rings. The number of benzene rings is 2. The molecule has 2 aromatic carbocycles. The molecule has 0 radical (unpaired) electrons. The molecule has 6 nitrogen and oxygen atoms in total. The second-order valence-corrected chi connectivity index (χ2v) is 8.11. The van der Waals surface area contributed by atoms with Gasteiger partial charge < -0.3 is 10.1 Å². The minimum absolute atomic E-state index is 0.167. The normalized spacial score (nSPS) is 15.0. The van der Waals surface area contributed by atoms with Gasteiger partial charge in [-0.3, -0.25) is 9.69 Å². The first-order valence-corrected chi connectivity index (χ1v) is 10.9. The zero-order valence-corrected chi connectivity index (χ0v) is 18.4. The van der Waals surface area contributed by atoms with E-state index in [0.29, 0.717) is 18.8 Å². The zero-order chi connectivity index (χ0) is 21.6. The molecule has 1 aliphatic heterocycles. The van der Waals surface area contributed by atoms with E-state index in [1.165, 1.54) is 23.1 Å². The molecule has 0 spiro atoms. The van der Waals surface area contributed by atoms with Gasteiger partial charge in [0.25, 0.3) is 5.56 Å². The summed E-state index contributed by atoms with van der Waals surface area (Å²) in [5.41, 5.74) is 2.48. The van der Waals surface area contributed by atoms with Crippen molar-refractivity contribution < 1.29 is 4.74 Å². The van der Waals surface area contributed by atoms with Crippen LogP contribution in [0.2, 0.25) is 5.02 Å². The van der Waals surface area contributed by atoms with Crippen molar-refractivity contribution >= 4 is 17.3 Å². The van der Waals surface area contributed by atoms with Crippen LogP contribution in [0.15, 0.2) is 65.6 Å². The van der Waals surface area contributed by atoms with E-state index in [4.69, 9.17) is 16.3 Å². The fourth-order valence-corrected chi connectivity index (χ4v) is 4.21. The van der Waals surface area contributed by atoms with E-state index in [1.807, 2.05) is 42.5 Å². The van der Waals surface area contributed by atoms with E-state index >= 15 is 0 Å². The number of hydrogen-bond donors (Lipinski definition) is 1. The third-order valence-corrected chi connectivity index (χ3v) is 6.09. The van der Waals surface area contributed by atoms with Gasteiger partial charge in [-0.1, -0.05) is 54.1 Å². The number of likely N-dealkylation sites (tertiary alicyclic amines) is 1. The summed E-state index contributed by atoms with van der Waals surface area (Å²) in [6.07, 6.45) is 4.04. The third-order valence-electron chi connectivity index (χ3n) is 5.73. The SMILES string of the molecule is COc1ccc(C(CNc2cnn(Cc3ccccc3)c(=O)c2Cl)N2CCCC2)cc1. The molecule has 0 saturated carbocycles. The summed E-state index contributed by atoms with van der Waals surface area (Å²) >= 11 is 6.43. The van der Waals surface area contributed by atoms with E-state index in [9.17, 15) is 4.79 Å². The molecule has 7 heteroatoms. The van der Waals surface area contributed by atoms with Crippen LogP contribution in [-0.2, 0) is 6.54 Å². The molecule has 1 fully saturated rings. The monoisotopic (exact) mass is 438 g/mol. The Morgan fingerprint density at radius 2 is 1.81 bits per heavy atom. The van der Waals surface area contributed by atoms with Crippen LogP contribution < -0.4 is 15.6 Å². The van der Waals surface area contributed by atoms with E-state index < -0.39 is 0 Å². The molecule has 162 valence electrons. The van der Waals surface area contributed by atoms with Crippen LogP contribution in [0, 0.1) is 0 Å². The topological polar surface area (TPSA) is 59.4 Å². The van der Waals surface area contributed by atoms with Crippen LogP contribution in [0.4, 0.5) is 5.69 Å². The average molecular weight is 439 g/mol. The Morgan fingerprint density at radius 3 is 2.48 bits per heavy atom. The number of aromatic nitrogens is 2. The van der Waals surface area contributed by atoms with Crippen LogP contribution >= 0.6 is 11.6 Å². The van der Waals surface area contributed by atoms with Crippen molar-refractivity contribution in [2.24, 2.45) is 0 Å². The quantitative estimate of drug-likeness (QED) is 0.571. The van der Waals surface area contributed by atoms with Crippen LogP contribution in [-0.4, -0.2) is 41.4 Å². The van der Waals surface area contributed by atoms with Gasteiger partial charge in [-0.2, -0.15) is 5.10 Å². The van der Waals surface area contributed by atoms with Crippen LogP contribution in [0.25, 0.3) is 0 Å². The second kappa shape index (κ2) is 9.98. The molecular formula is C24H27ClN4O2. The average Bonchev–Trinajstić information content (AvgIpc) is 3.34. The molecule has 0 amide bonds. The Hall–Kier alpha value is -2.83. The maximum Gasteiger partial charge on any atom is 0.287 e. The fraction of sp³-hybridized carbons (Fsp3) is 0.333. The molecule has 0 bridgehead atoms. The Kier molecular flexibility index (Phi) is 6.89. The van der Waals surface area contributed by atoms with Gasteiger partial charge in [0, 0.05) is 6.54 Å². The van der Waals surface area contributed by atoms with Gasteiger partial charge in [-0.15, -0.1) is 0 Å². The minimum atomic E-state index is -0.294. The molecule has 2 heterocycles. The maximum atomic E-state index is 12.7. The lowest BCUT2D eigenvalue weighted by molar-refractivity contribution is 0.256. The van der Waals surface area contributed by atoms with Crippen LogP contribution in [0.3, 0.4) is 0 Å². The first-order chi connectivity index (χ1) is 15.2. The molecule has 0 aliphatic carbocycles. The predicted octanol–water partition coefficient (Wildman–Crippen LogP) is 4.20. The summed E-state index contributed by atoms with van der Waals surface area (Å²) in [4.78, 5) is 15.2. The molecule has 1 unspecified atom stereocenters. The zero-order valence-electron chi connectivity index (χ0n) is 17.6. The predicted molar refractivity (Wildman–Crippen MR) is 124 cm³/mol. The third kappa shape index (κ3) is 5.09. The first-order valence-electron chi connectivity index (χ1n) is 10.6. The number of hydrogen-bond acceptors (Lipinski definition) is 5. The van der Waals surface area contributed by atoms with Crippen molar-refractivity contribution in [1.29, 1.82) is 0 Å². The second-order valence-electron chi connectivity index (χ2n) is 7.73. The number of rotatable bonds is 8. The standard InChI is InChI=1S/C24H27ClN4O2/c1-31-20-11-9-19(10-12-20)22(28-13-5-6-14-28)16-26-21-15-27-29(24(30)23(21)25)17-18-7-3-2-4-8-18/h2-4,7-12,15,22,26H,5-6,13-14,16-17H2,1H3. The molecular weight excluding hydrogens is 412 g/mol. The molecule has 1 atom stereocenters. The van der Waals surface area contributed by atoms with Gasteiger partial charge in [0.15, 0.2) is 0 Å². The summed E-state index contributed by atoms with van der Waals surface area (Å²) in [6, 6.07) is 18.1. The number of ether oxygens (including phenoxy) is 1. The minimum Gasteiger partial charge on any atom is -0.497 e.